The maximum absolute atomic E-state index is 12.7. The molecule has 4 aromatic rings. The molecule has 0 amide bonds. The number of nitrogens with zero attached hydrogens (tertiary/aromatic N) is 3. The first-order valence-electron chi connectivity index (χ1n) is 10.6. The number of rotatable bonds is 7. The Hall–Kier alpha value is -4.01. The van der Waals surface area contributed by atoms with Gasteiger partial charge >= 0.3 is 0 Å². The first kappa shape index (κ1) is 21.8. The molecule has 11 heteroatoms. The fourth-order valence-electron chi connectivity index (χ4n) is 3.94. The van der Waals surface area contributed by atoms with Crippen LogP contribution in [0.1, 0.15) is 35.9 Å². The second kappa shape index (κ2) is 8.40. The number of nitriles is 1. The molecule has 0 radical (unpaired) electrons. The molecular formula is C23H20N6O4S. The number of anilines is 1. The van der Waals surface area contributed by atoms with Gasteiger partial charge in [0.05, 0.1) is 34.0 Å². The first-order valence-corrected chi connectivity index (χ1v) is 12.0. The minimum atomic E-state index is -3.73. The van der Waals surface area contributed by atoms with E-state index in [1.807, 2.05) is 12.1 Å². The van der Waals surface area contributed by atoms with Crippen LogP contribution in [-0.2, 0) is 10.0 Å². The lowest BCUT2D eigenvalue weighted by Crippen LogP contribution is -2.49. The van der Waals surface area contributed by atoms with Crippen molar-refractivity contribution >= 4 is 32.5 Å². The summed E-state index contributed by atoms with van der Waals surface area (Å²) < 4.78 is 33.7. The van der Waals surface area contributed by atoms with Crippen LogP contribution in [0.2, 0.25) is 0 Å². The van der Waals surface area contributed by atoms with Crippen LogP contribution in [0.15, 0.2) is 58.2 Å². The minimum absolute atomic E-state index is 0.000340. The number of hydrogen-bond donors (Lipinski definition) is 3. The van der Waals surface area contributed by atoms with Gasteiger partial charge in [0.25, 0.3) is 0 Å². The molecule has 1 aromatic carbocycles. The summed E-state index contributed by atoms with van der Waals surface area (Å²) in [6.07, 6.45) is 5.91. The predicted octanol–water partition coefficient (Wildman–Crippen LogP) is 3.21. The maximum atomic E-state index is 12.7. The molecule has 3 heterocycles. The highest BCUT2D eigenvalue weighted by Crippen LogP contribution is 2.36. The summed E-state index contributed by atoms with van der Waals surface area (Å²) in [5.74, 6) is 0.212. The molecule has 0 spiro atoms. The number of aromatic amines is 1. The van der Waals surface area contributed by atoms with Crippen molar-refractivity contribution in [2.24, 2.45) is 0 Å². The Balaban J connectivity index is 1.33. The van der Waals surface area contributed by atoms with Crippen LogP contribution >= 0.6 is 0 Å². The van der Waals surface area contributed by atoms with Gasteiger partial charge in [-0.05, 0) is 37.1 Å². The number of sulfonamides is 1. The van der Waals surface area contributed by atoms with E-state index in [1.165, 1.54) is 25.3 Å². The van der Waals surface area contributed by atoms with Gasteiger partial charge in [-0.1, -0.05) is 6.07 Å². The van der Waals surface area contributed by atoms with Gasteiger partial charge < -0.3 is 14.7 Å². The summed E-state index contributed by atoms with van der Waals surface area (Å²) in [5.41, 5.74) is 2.32. The number of hydrogen-bond acceptors (Lipinski definition) is 8. The van der Waals surface area contributed by atoms with Crippen LogP contribution in [0.25, 0.3) is 22.5 Å². The maximum Gasteiger partial charge on any atom is 0.240 e. The van der Waals surface area contributed by atoms with E-state index in [1.54, 1.807) is 24.5 Å². The molecule has 172 valence electrons. The lowest BCUT2D eigenvalue weighted by Gasteiger charge is -2.37. The molecule has 0 saturated heterocycles. The van der Waals surface area contributed by atoms with Crippen LogP contribution in [-0.4, -0.2) is 41.2 Å². The van der Waals surface area contributed by atoms with Crippen LogP contribution in [0.3, 0.4) is 0 Å². The zero-order valence-corrected chi connectivity index (χ0v) is 18.9. The number of benzene rings is 1. The van der Waals surface area contributed by atoms with Gasteiger partial charge in [-0.15, -0.1) is 0 Å². The molecule has 34 heavy (non-hydrogen) atoms. The third-order valence-corrected chi connectivity index (χ3v) is 7.27. The molecule has 1 fully saturated rings. The molecule has 0 bridgehead atoms. The van der Waals surface area contributed by atoms with Gasteiger partial charge in [-0.2, -0.15) is 5.26 Å². The molecule has 1 aliphatic carbocycles. The van der Waals surface area contributed by atoms with E-state index in [-0.39, 0.29) is 40.0 Å². The Kier molecular flexibility index (Phi) is 5.39. The summed E-state index contributed by atoms with van der Waals surface area (Å²) in [4.78, 5) is 23.4. The molecule has 5 rings (SSSR count). The van der Waals surface area contributed by atoms with Crippen LogP contribution in [0, 0.1) is 11.3 Å². The number of fused-ring (bicyclic) bond motifs is 1. The van der Waals surface area contributed by atoms with E-state index < -0.39 is 10.0 Å². The lowest BCUT2D eigenvalue weighted by atomic mass is 9.87. The highest BCUT2D eigenvalue weighted by Gasteiger charge is 2.34. The van der Waals surface area contributed by atoms with Gasteiger partial charge in [0.15, 0.2) is 11.5 Å². The molecule has 3 aromatic heterocycles. The number of nitrogens with one attached hydrogen (secondary N) is 3. The van der Waals surface area contributed by atoms with Crippen molar-refractivity contribution < 1.29 is 17.6 Å². The smallest absolute Gasteiger partial charge is 0.240 e. The number of aromatic nitrogens is 3. The molecule has 0 atom stereocenters. The van der Waals surface area contributed by atoms with Gasteiger partial charge in [0.1, 0.15) is 5.65 Å². The van der Waals surface area contributed by atoms with E-state index in [4.69, 9.17) is 9.68 Å². The van der Waals surface area contributed by atoms with Crippen molar-refractivity contribution in [3.63, 3.8) is 0 Å². The standard InChI is InChI=1S/C23H20N6O4S/c1-13(30)20-12-27-23(33-20)19-11-26-22-18(5-6-25-22)21(19)28-15-8-16(9-15)29-34(31,32)17-4-2-3-14(7-17)10-24/h2-7,11-12,15-16,29H,8-9H2,1H3,(H2,25,26,28). The predicted molar refractivity (Wildman–Crippen MR) is 124 cm³/mol. The average Bonchev–Trinajstić information content (AvgIpc) is 3.47. The van der Waals surface area contributed by atoms with E-state index in [0.29, 0.717) is 24.1 Å². The van der Waals surface area contributed by atoms with E-state index in [9.17, 15) is 13.2 Å². The highest BCUT2D eigenvalue weighted by atomic mass is 32.2. The van der Waals surface area contributed by atoms with Crippen molar-refractivity contribution in [2.45, 2.75) is 36.7 Å². The van der Waals surface area contributed by atoms with E-state index in [2.05, 4.69) is 25.0 Å². The summed E-state index contributed by atoms with van der Waals surface area (Å²) >= 11 is 0. The number of pyridine rings is 1. The average molecular weight is 477 g/mol. The number of carbonyl (C=O) groups is 1. The monoisotopic (exact) mass is 476 g/mol. The molecule has 10 nitrogen and oxygen atoms in total. The topological polar surface area (TPSA) is 154 Å². The molecule has 1 aliphatic rings. The quantitative estimate of drug-likeness (QED) is 0.344. The normalized spacial score (nSPS) is 17.8. The second-order valence-corrected chi connectivity index (χ2v) is 9.86. The van der Waals surface area contributed by atoms with E-state index >= 15 is 0 Å². The zero-order chi connectivity index (χ0) is 23.9. The second-order valence-electron chi connectivity index (χ2n) is 8.14. The van der Waals surface area contributed by atoms with Crippen molar-refractivity contribution in [1.29, 1.82) is 5.26 Å². The summed E-state index contributed by atoms with van der Waals surface area (Å²) in [5, 5.41) is 13.3. The van der Waals surface area contributed by atoms with Crippen LogP contribution < -0.4 is 10.0 Å². The van der Waals surface area contributed by atoms with Crippen molar-refractivity contribution in [3.05, 3.63) is 60.2 Å². The lowest BCUT2D eigenvalue weighted by molar-refractivity contribution is 0.0988. The zero-order valence-electron chi connectivity index (χ0n) is 18.1. The Morgan fingerprint density at radius 1 is 1.21 bits per heavy atom. The third-order valence-electron chi connectivity index (χ3n) is 5.75. The fourth-order valence-corrected chi connectivity index (χ4v) is 5.25. The van der Waals surface area contributed by atoms with Gasteiger partial charge in [-0.3, -0.25) is 4.79 Å². The molecule has 3 N–H and O–H groups in total. The Morgan fingerprint density at radius 2 is 2.03 bits per heavy atom. The molecule has 0 unspecified atom stereocenters. The number of oxazole rings is 1. The fraction of sp³-hybridized carbons (Fsp3) is 0.217. The number of H-pyrrole nitrogens is 1. The van der Waals surface area contributed by atoms with E-state index in [0.717, 1.165) is 11.1 Å². The largest absolute Gasteiger partial charge is 0.433 e. The van der Waals surface area contributed by atoms with Gasteiger partial charge in [-0.25, -0.2) is 23.1 Å². The summed E-state index contributed by atoms with van der Waals surface area (Å²) in [7, 11) is -3.73. The van der Waals surface area contributed by atoms with Gasteiger partial charge in [0.2, 0.25) is 15.9 Å². The Labute approximate surface area is 195 Å². The summed E-state index contributed by atoms with van der Waals surface area (Å²) in [6, 6.07) is 9.52. The highest BCUT2D eigenvalue weighted by molar-refractivity contribution is 7.89. The minimum Gasteiger partial charge on any atom is -0.433 e. The van der Waals surface area contributed by atoms with Crippen molar-refractivity contribution in [3.8, 4) is 17.5 Å². The Morgan fingerprint density at radius 3 is 2.76 bits per heavy atom. The summed E-state index contributed by atoms with van der Waals surface area (Å²) in [6.45, 7) is 1.41. The Bertz CT molecular complexity index is 1540. The van der Waals surface area contributed by atoms with Crippen LogP contribution in [0.4, 0.5) is 5.69 Å². The SMILES string of the molecule is CC(=O)c1cnc(-c2cnc3[nH]ccc3c2NC2CC(NS(=O)(=O)c3cccc(C#N)c3)C2)o1. The van der Waals surface area contributed by atoms with Crippen molar-refractivity contribution in [2.75, 3.05) is 5.32 Å². The van der Waals surface area contributed by atoms with Crippen molar-refractivity contribution in [1.82, 2.24) is 19.7 Å². The third kappa shape index (κ3) is 4.05. The molecule has 0 aliphatic heterocycles. The first-order chi connectivity index (χ1) is 16.3. The molecule has 1 saturated carbocycles. The van der Waals surface area contributed by atoms with Crippen LogP contribution in [0.5, 0.6) is 0 Å². The number of ketones is 1. The molecular weight excluding hydrogens is 456 g/mol. The number of Topliss-reactive ketones (excluding diaryl/α,β-unsaturated/α-hetero) is 1. The van der Waals surface area contributed by atoms with Gasteiger partial charge in [0, 0.05) is 36.8 Å². The number of carbonyl (C=O) groups excluding carboxylic acids is 1.